The lowest BCUT2D eigenvalue weighted by Crippen LogP contribution is -2.22. The van der Waals surface area contributed by atoms with E-state index in [2.05, 4.69) is 25.6 Å². The second-order valence-electron chi connectivity index (χ2n) is 9.17. The molecule has 8 nitrogen and oxygen atoms in total. The molecular weight excluding hydrogens is 495 g/mol. The summed E-state index contributed by atoms with van der Waals surface area (Å²) in [5.74, 6) is 1.18. The van der Waals surface area contributed by atoms with E-state index >= 15 is 4.39 Å². The van der Waals surface area contributed by atoms with E-state index in [1.165, 1.54) is 10.8 Å². The van der Waals surface area contributed by atoms with Gasteiger partial charge in [-0.3, -0.25) is 9.36 Å². The molecule has 39 heavy (non-hydrogen) atoms. The Kier molecular flexibility index (Phi) is 7.49. The summed E-state index contributed by atoms with van der Waals surface area (Å²) in [5, 5.41) is 6.91. The number of benzene rings is 2. The first-order valence-electron chi connectivity index (χ1n) is 12.6. The Balaban J connectivity index is 1.30. The maximum atomic E-state index is 15.3. The van der Waals surface area contributed by atoms with Crippen molar-refractivity contribution in [3.8, 4) is 17.0 Å². The third-order valence-electron chi connectivity index (χ3n) is 6.65. The van der Waals surface area contributed by atoms with Crippen molar-refractivity contribution < 1.29 is 9.13 Å². The number of ether oxygens (including phenoxy) is 1. The average molecular weight is 525 g/mol. The fourth-order valence-corrected chi connectivity index (χ4v) is 4.47. The van der Waals surface area contributed by atoms with Crippen LogP contribution in [-0.2, 0) is 19.9 Å². The SMILES string of the molecule is CNc1ncc(-c2ccc3cc(Cc4ccnc(NCCc5ccc(OC)cc5)c4F)ccc3n2)c(=O)n1C. The van der Waals surface area contributed by atoms with Gasteiger partial charge in [-0.25, -0.2) is 19.3 Å². The lowest BCUT2D eigenvalue weighted by atomic mass is 10.0. The first kappa shape index (κ1) is 25.8. The molecule has 0 saturated heterocycles. The first-order valence-corrected chi connectivity index (χ1v) is 12.6. The topological polar surface area (TPSA) is 94.0 Å². The molecule has 5 rings (SSSR count). The monoisotopic (exact) mass is 524 g/mol. The van der Waals surface area contributed by atoms with E-state index in [1.54, 1.807) is 39.5 Å². The molecule has 9 heteroatoms. The van der Waals surface area contributed by atoms with Crippen LogP contribution in [0.1, 0.15) is 16.7 Å². The van der Waals surface area contributed by atoms with Crippen molar-refractivity contribution in [2.75, 3.05) is 31.3 Å². The quantitative estimate of drug-likeness (QED) is 0.285. The van der Waals surface area contributed by atoms with Gasteiger partial charge < -0.3 is 15.4 Å². The molecule has 0 unspecified atom stereocenters. The minimum absolute atomic E-state index is 0.181. The Morgan fingerprint density at radius 1 is 1.00 bits per heavy atom. The van der Waals surface area contributed by atoms with Gasteiger partial charge in [-0.15, -0.1) is 0 Å². The highest BCUT2D eigenvalue weighted by Crippen LogP contribution is 2.23. The molecule has 0 aliphatic heterocycles. The van der Waals surface area contributed by atoms with Crippen LogP contribution >= 0.6 is 0 Å². The van der Waals surface area contributed by atoms with Crippen molar-refractivity contribution in [1.82, 2.24) is 19.5 Å². The highest BCUT2D eigenvalue weighted by Gasteiger charge is 2.13. The molecule has 198 valence electrons. The Morgan fingerprint density at radius 3 is 2.56 bits per heavy atom. The molecule has 3 aromatic heterocycles. The summed E-state index contributed by atoms with van der Waals surface area (Å²) in [6, 6.07) is 19.0. The zero-order valence-electron chi connectivity index (χ0n) is 22.0. The van der Waals surface area contributed by atoms with Gasteiger partial charge in [0.05, 0.1) is 23.9 Å². The summed E-state index contributed by atoms with van der Waals surface area (Å²) in [7, 11) is 5.02. The van der Waals surface area contributed by atoms with Crippen LogP contribution in [0.15, 0.2) is 77.9 Å². The van der Waals surface area contributed by atoms with Gasteiger partial charge in [0.1, 0.15) is 5.75 Å². The number of nitrogens with one attached hydrogen (secondary N) is 2. The summed E-state index contributed by atoms with van der Waals surface area (Å²) in [6.45, 7) is 0.556. The molecule has 0 spiro atoms. The molecule has 3 heterocycles. The predicted octanol–water partition coefficient (Wildman–Crippen LogP) is 4.83. The Labute approximate surface area is 225 Å². The summed E-state index contributed by atoms with van der Waals surface area (Å²) in [5.41, 5.74) is 4.16. The van der Waals surface area contributed by atoms with Crippen LogP contribution in [0.4, 0.5) is 16.2 Å². The van der Waals surface area contributed by atoms with E-state index in [1.807, 2.05) is 48.5 Å². The summed E-state index contributed by atoms with van der Waals surface area (Å²) in [4.78, 5) is 25.9. The fraction of sp³-hybridized carbons (Fsp3) is 0.200. The number of anilines is 2. The Morgan fingerprint density at radius 2 is 1.79 bits per heavy atom. The van der Waals surface area contributed by atoms with E-state index in [9.17, 15) is 4.79 Å². The maximum Gasteiger partial charge on any atom is 0.264 e. The number of halogens is 1. The van der Waals surface area contributed by atoms with Crippen molar-refractivity contribution in [3.05, 3.63) is 106 Å². The first-order chi connectivity index (χ1) is 19.0. The lowest BCUT2D eigenvalue weighted by Gasteiger charge is -2.11. The number of nitrogens with zero attached hydrogens (tertiary/aromatic N) is 4. The molecule has 2 N–H and O–H groups in total. The predicted molar refractivity (Wildman–Crippen MR) is 152 cm³/mol. The smallest absolute Gasteiger partial charge is 0.264 e. The molecule has 0 radical (unpaired) electrons. The van der Waals surface area contributed by atoms with E-state index in [0.29, 0.717) is 35.7 Å². The zero-order chi connectivity index (χ0) is 27.4. The van der Waals surface area contributed by atoms with E-state index in [4.69, 9.17) is 4.74 Å². The van der Waals surface area contributed by atoms with Gasteiger partial charge in [0.15, 0.2) is 11.6 Å². The molecule has 2 aromatic carbocycles. The zero-order valence-corrected chi connectivity index (χ0v) is 22.0. The molecule has 5 aromatic rings. The van der Waals surface area contributed by atoms with Crippen molar-refractivity contribution >= 4 is 22.7 Å². The minimum atomic E-state index is -0.353. The van der Waals surface area contributed by atoms with Gasteiger partial charge in [-0.1, -0.05) is 24.3 Å². The van der Waals surface area contributed by atoms with Gasteiger partial charge in [0, 0.05) is 44.8 Å². The van der Waals surface area contributed by atoms with Crippen LogP contribution in [0, 0.1) is 5.82 Å². The fourth-order valence-electron chi connectivity index (χ4n) is 4.47. The van der Waals surface area contributed by atoms with Crippen molar-refractivity contribution in [3.63, 3.8) is 0 Å². The molecule has 0 bridgehead atoms. The van der Waals surface area contributed by atoms with Crippen LogP contribution in [0.25, 0.3) is 22.2 Å². The van der Waals surface area contributed by atoms with Crippen LogP contribution in [-0.4, -0.2) is 40.2 Å². The van der Waals surface area contributed by atoms with Crippen LogP contribution in [0.5, 0.6) is 5.75 Å². The molecule has 0 fully saturated rings. The number of hydrogen-bond donors (Lipinski definition) is 2. The second-order valence-corrected chi connectivity index (χ2v) is 9.17. The molecule has 0 atom stereocenters. The van der Waals surface area contributed by atoms with E-state index in [0.717, 1.165) is 34.2 Å². The number of hydrogen-bond acceptors (Lipinski definition) is 7. The summed E-state index contributed by atoms with van der Waals surface area (Å²) >= 11 is 0. The molecular formula is C30H29FN6O2. The largest absolute Gasteiger partial charge is 0.497 e. The van der Waals surface area contributed by atoms with E-state index in [-0.39, 0.29) is 17.2 Å². The molecule has 0 amide bonds. The van der Waals surface area contributed by atoms with Crippen LogP contribution < -0.4 is 20.9 Å². The second kappa shape index (κ2) is 11.3. The molecule has 0 saturated carbocycles. The van der Waals surface area contributed by atoms with Crippen molar-refractivity contribution in [2.24, 2.45) is 7.05 Å². The summed E-state index contributed by atoms with van der Waals surface area (Å²) < 4.78 is 21.9. The third-order valence-corrected chi connectivity index (χ3v) is 6.65. The minimum Gasteiger partial charge on any atom is -0.497 e. The number of methoxy groups -OCH3 is 1. The van der Waals surface area contributed by atoms with Gasteiger partial charge in [0.25, 0.3) is 5.56 Å². The van der Waals surface area contributed by atoms with Crippen LogP contribution in [0.3, 0.4) is 0 Å². The number of pyridine rings is 2. The molecule has 0 aliphatic rings. The Hall–Kier alpha value is -4.79. The average Bonchev–Trinajstić information content (AvgIpc) is 2.96. The van der Waals surface area contributed by atoms with Crippen LogP contribution in [0.2, 0.25) is 0 Å². The highest BCUT2D eigenvalue weighted by molar-refractivity contribution is 5.82. The standard InChI is InChI=1S/C30H29FN6O2/c1-32-30-35-18-24(29(38)37(30)2)26-11-7-21-16-20(6-10-25(21)36-26)17-22-13-15-34-28(27(22)31)33-14-12-19-4-8-23(39-3)9-5-19/h4-11,13,15-16,18H,12,14,17H2,1-3H3,(H,32,35)(H,33,34). The number of fused-ring (bicyclic) bond motifs is 1. The van der Waals surface area contributed by atoms with Crippen molar-refractivity contribution in [2.45, 2.75) is 12.8 Å². The van der Waals surface area contributed by atoms with Gasteiger partial charge in [-0.05, 0) is 59.5 Å². The molecule has 0 aliphatic carbocycles. The van der Waals surface area contributed by atoms with Gasteiger partial charge in [-0.2, -0.15) is 0 Å². The van der Waals surface area contributed by atoms with Gasteiger partial charge >= 0.3 is 0 Å². The summed E-state index contributed by atoms with van der Waals surface area (Å²) in [6.07, 6.45) is 4.30. The highest BCUT2D eigenvalue weighted by atomic mass is 19.1. The number of rotatable bonds is 9. The normalized spacial score (nSPS) is 11.0. The van der Waals surface area contributed by atoms with Crippen molar-refractivity contribution in [1.29, 1.82) is 0 Å². The van der Waals surface area contributed by atoms with E-state index < -0.39 is 0 Å². The lowest BCUT2D eigenvalue weighted by molar-refractivity contribution is 0.414. The maximum absolute atomic E-state index is 15.3. The number of aromatic nitrogens is 4. The van der Waals surface area contributed by atoms with Gasteiger partial charge in [0.2, 0.25) is 5.95 Å². The Bertz CT molecular complexity index is 1680. The third kappa shape index (κ3) is 5.57.